The lowest BCUT2D eigenvalue weighted by Crippen LogP contribution is -2.09. The fraction of sp³-hybridized carbons (Fsp3) is 0.167. The lowest BCUT2D eigenvalue weighted by atomic mass is 10.1. The van der Waals surface area contributed by atoms with E-state index >= 15 is 0 Å². The summed E-state index contributed by atoms with van der Waals surface area (Å²) in [6, 6.07) is 12.6. The predicted octanol–water partition coefficient (Wildman–Crippen LogP) is 4.89. The molecule has 0 unspecified atom stereocenters. The average molecular weight is 377 g/mol. The maximum Gasteiger partial charge on any atom is 0.311 e. The molecule has 0 N–H and O–H groups in total. The SMILES string of the molecule is Cc1ccc(-c2noc(CCC(=O)Oc3cccc(Cl)c3Cl)n2)cc1. The Hall–Kier alpha value is -2.37. The Labute approximate surface area is 154 Å². The Kier molecular flexibility index (Phi) is 5.36. The summed E-state index contributed by atoms with van der Waals surface area (Å²) in [6.07, 6.45) is 0.355. The van der Waals surface area contributed by atoms with Crippen molar-refractivity contribution in [1.82, 2.24) is 10.1 Å². The standard InChI is InChI=1S/C18H14Cl2N2O3/c1-11-5-7-12(8-6-11)18-21-15(25-22-18)9-10-16(23)24-14-4-2-3-13(19)17(14)20/h2-8H,9-10H2,1H3. The topological polar surface area (TPSA) is 65.2 Å². The summed E-state index contributed by atoms with van der Waals surface area (Å²) in [7, 11) is 0. The molecule has 5 nitrogen and oxygen atoms in total. The number of carbonyl (C=O) groups is 1. The molecule has 0 aliphatic heterocycles. The number of nitrogens with zero attached hydrogens (tertiary/aromatic N) is 2. The van der Waals surface area contributed by atoms with Gasteiger partial charge in [0.25, 0.3) is 0 Å². The second-order valence-corrected chi connectivity index (χ2v) is 6.19. The molecule has 128 valence electrons. The van der Waals surface area contributed by atoms with E-state index in [0.717, 1.165) is 11.1 Å². The van der Waals surface area contributed by atoms with Crippen LogP contribution in [0.5, 0.6) is 5.75 Å². The van der Waals surface area contributed by atoms with Crippen molar-refractivity contribution in [2.75, 3.05) is 0 Å². The molecule has 7 heteroatoms. The summed E-state index contributed by atoms with van der Waals surface area (Å²) in [4.78, 5) is 16.2. The lowest BCUT2D eigenvalue weighted by molar-refractivity contribution is -0.134. The van der Waals surface area contributed by atoms with Gasteiger partial charge in [0.05, 0.1) is 11.4 Å². The van der Waals surface area contributed by atoms with Gasteiger partial charge in [0.15, 0.2) is 5.75 Å². The van der Waals surface area contributed by atoms with Gasteiger partial charge in [-0.25, -0.2) is 0 Å². The van der Waals surface area contributed by atoms with E-state index < -0.39 is 5.97 Å². The van der Waals surface area contributed by atoms with Crippen LogP contribution in [0.15, 0.2) is 47.0 Å². The zero-order valence-corrected chi connectivity index (χ0v) is 14.8. The molecule has 0 saturated heterocycles. The number of hydrogen-bond acceptors (Lipinski definition) is 5. The van der Waals surface area contributed by atoms with E-state index in [1.165, 1.54) is 0 Å². The second-order valence-electron chi connectivity index (χ2n) is 5.40. The fourth-order valence-corrected chi connectivity index (χ4v) is 2.45. The molecule has 0 fully saturated rings. The molecule has 3 aromatic rings. The van der Waals surface area contributed by atoms with Gasteiger partial charge in [-0.15, -0.1) is 0 Å². The molecule has 1 heterocycles. The zero-order valence-electron chi connectivity index (χ0n) is 13.3. The van der Waals surface area contributed by atoms with E-state index in [1.807, 2.05) is 31.2 Å². The normalized spacial score (nSPS) is 10.7. The highest BCUT2D eigenvalue weighted by atomic mass is 35.5. The van der Waals surface area contributed by atoms with Crippen LogP contribution in [0.4, 0.5) is 0 Å². The van der Waals surface area contributed by atoms with E-state index in [2.05, 4.69) is 10.1 Å². The van der Waals surface area contributed by atoms with Crippen LogP contribution in [-0.2, 0) is 11.2 Å². The van der Waals surface area contributed by atoms with Crippen LogP contribution < -0.4 is 4.74 Å². The maximum atomic E-state index is 11.9. The first-order valence-electron chi connectivity index (χ1n) is 7.57. The van der Waals surface area contributed by atoms with E-state index in [-0.39, 0.29) is 23.6 Å². The van der Waals surface area contributed by atoms with Gasteiger partial charge < -0.3 is 9.26 Å². The van der Waals surface area contributed by atoms with Gasteiger partial charge in [-0.1, -0.05) is 64.3 Å². The first kappa shape index (κ1) is 17.5. The Bertz CT molecular complexity index is 892. The Morgan fingerprint density at radius 3 is 2.68 bits per heavy atom. The van der Waals surface area contributed by atoms with E-state index in [4.69, 9.17) is 32.5 Å². The lowest BCUT2D eigenvalue weighted by Gasteiger charge is -2.06. The fourth-order valence-electron chi connectivity index (χ4n) is 2.12. The molecular formula is C18H14Cl2N2O3. The summed E-state index contributed by atoms with van der Waals surface area (Å²) < 4.78 is 10.4. The van der Waals surface area contributed by atoms with E-state index in [0.29, 0.717) is 16.7 Å². The third-order valence-electron chi connectivity index (χ3n) is 3.46. The van der Waals surface area contributed by atoms with E-state index in [1.54, 1.807) is 18.2 Å². The highest BCUT2D eigenvalue weighted by Crippen LogP contribution is 2.31. The third kappa shape index (κ3) is 4.38. The summed E-state index contributed by atoms with van der Waals surface area (Å²) >= 11 is 11.9. The molecule has 0 radical (unpaired) electrons. The van der Waals surface area contributed by atoms with Crippen molar-refractivity contribution in [2.24, 2.45) is 0 Å². The Morgan fingerprint density at radius 1 is 1.16 bits per heavy atom. The number of halogens is 2. The molecule has 2 aromatic carbocycles. The number of benzene rings is 2. The zero-order chi connectivity index (χ0) is 17.8. The van der Waals surface area contributed by atoms with Crippen molar-refractivity contribution < 1.29 is 14.1 Å². The van der Waals surface area contributed by atoms with Gasteiger partial charge in [-0.2, -0.15) is 4.98 Å². The second kappa shape index (κ2) is 7.68. The van der Waals surface area contributed by atoms with Crippen LogP contribution in [-0.4, -0.2) is 16.1 Å². The molecule has 0 spiro atoms. The number of aromatic nitrogens is 2. The highest BCUT2D eigenvalue weighted by Gasteiger charge is 2.14. The van der Waals surface area contributed by atoms with E-state index in [9.17, 15) is 4.79 Å². The smallest absolute Gasteiger partial charge is 0.311 e. The maximum absolute atomic E-state index is 11.9. The minimum Gasteiger partial charge on any atom is -0.425 e. The quantitative estimate of drug-likeness (QED) is 0.468. The molecule has 0 aliphatic carbocycles. The third-order valence-corrected chi connectivity index (χ3v) is 4.26. The summed E-state index contributed by atoms with van der Waals surface area (Å²) in [5.74, 6) is 0.621. The molecule has 25 heavy (non-hydrogen) atoms. The Morgan fingerprint density at radius 2 is 1.92 bits per heavy atom. The largest absolute Gasteiger partial charge is 0.425 e. The van der Waals surface area contributed by atoms with Gasteiger partial charge in [-0.05, 0) is 19.1 Å². The highest BCUT2D eigenvalue weighted by molar-refractivity contribution is 6.43. The van der Waals surface area contributed by atoms with Gasteiger partial charge in [0, 0.05) is 12.0 Å². The molecular weight excluding hydrogens is 363 g/mol. The molecule has 0 amide bonds. The van der Waals surface area contributed by atoms with Crippen LogP contribution in [0.1, 0.15) is 17.9 Å². The van der Waals surface area contributed by atoms with Gasteiger partial charge in [0.1, 0.15) is 5.02 Å². The average Bonchev–Trinajstić information content (AvgIpc) is 3.07. The van der Waals surface area contributed by atoms with Crippen molar-refractivity contribution in [2.45, 2.75) is 19.8 Å². The summed E-state index contributed by atoms with van der Waals surface area (Å²) in [5.41, 5.74) is 2.00. The van der Waals surface area contributed by atoms with Crippen molar-refractivity contribution in [1.29, 1.82) is 0 Å². The van der Waals surface area contributed by atoms with Crippen molar-refractivity contribution >= 4 is 29.2 Å². The number of hydrogen-bond donors (Lipinski definition) is 0. The van der Waals surface area contributed by atoms with Crippen LogP contribution >= 0.6 is 23.2 Å². The molecule has 0 bridgehead atoms. The molecule has 0 atom stereocenters. The van der Waals surface area contributed by atoms with Crippen LogP contribution in [0, 0.1) is 6.92 Å². The van der Waals surface area contributed by atoms with Crippen LogP contribution in [0.25, 0.3) is 11.4 Å². The first-order valence-corrected chi connectivity index (χ1v) is 8.33. The monoisotopic (exact) mass is 376 g/mol. The van der Waals surface area contributed by atoms with Crippen molar-refractivity contribution in [3.63, 3.8) is 0 Å². The summed E-state index contributed by atoms with van der Waals surface area (Å²) in [5, 5.41) is 4.46. The Balaban J connectivity index is 1.59. The van der Waals surface area contributed by atoms with Gasteiger partial charge in [-0.3, -0.25) is 4.79 Å². The predicted molar refractivity (Wildman–Crippen MR) is 94.9 cm³/mol. The van der Waals surface area contributed by atoms with Gasteiger partial charge >= 0.3 is 5.97 Å². The van der Waals surface area contributed by atoms with Crippen molar-refractivity contribution in [3.05, 3.63) is 64.0 Å². The minimum atomic E-state index is -0.459. The van der Waals surface area contributed by atoms with Crippen molar-refractivity contribution in [3.8, 4) is 17.1 Å². The molecule has 3 rings (SSSR count). The molecule has 0 aliphatic rings. The number of esters is 1. The number of rotatable bonds is 5. The molecule has 0 saturated carbocycles. The minimum absolute atomic E-state index is 0.0817. The molecule has 1 aromatic heterocycles. The van der Waals surface area contributed by atoms with Crippen LogP contribution in [0.3, 0.4) is 0 Å². The number of ether oxygens (including phenoxy) is 1. The number of aryl methyl sites for hydroxylation is 2. The first-order chi connectivity index (χ1) is 12.0. The summed E-state index contributed by atoms with van der Waals surface area (Å²) in [6.45, 7) is 2.00. The number of carbonyl (C=O) groups excluding carboxylic acids is 1. The van der Waals surface area contributed by atoms with Crippen LogP contribution in [0.2, 0.25) is 10.0 Å². The van der Waals surface area contributed by atoms with Gasteiger partial charge in [0.2, 0.25) is 11.7 Å².